The van der Waals surface area contributed by atoms with Gasteiger partial charge in [0, 0.05) is 39.0 Å². The fourth-order valence-corrected chi connectivity index (χ4v) is 6.03. The summed E-state index contributed by atoms with van der Waals surface area (Å²) in [4.78, 5) is 26.6. The molecule has 1 heterocycles. The van der Waals surface area contributed by atoms with E-state index in [9.17, 15) is 9.59 Å². The Labute approximate surface area is 245 Å². The smallest absolute Gasteiger partial charge is 0.408 e. The van der Waals surface area contributed by atoms with Crippen LogP contribution in [0.1, 0.15) is 52.0 Å². The van der Waals surface area contributed by atoms with E-state index in [0.29, 0.717) is 29.9 Å². The molecule has 226 valence electrons. The summed E-state index contributed by atoms with van der Waals surface area (Å²) in [5, 5.41) is 10.4. The molecule has 0 bridgehead atoms. The van der Waals surface area contributed by atoms with Crippen molar-refractivity contribution in [2.24, 2.45) is 24.8 Å². The fraction of sp³-hybridized carbons (Fsp3) is 0.645. The van der Waals surface area contributed by atoms with Gasteiger partial charge in [-0.3, -0.25) is 9.48 Å². The average Bonchev–Trinajstić information content (AvgIpc) is 3.78. The molecule has 0 saturated heterocycles. The summed E-state index contributed by atoms with van der Waals surface area (Å²) < 4.78 is 19.3. The number of amides is 2. The Kier molecular flexibility index (Phi) is 9.53. The number of hydrogen-bond donors (Lipinski definition) is 2. The number of benzene rings is 1. The minimum Gasteiger partial charge on any atom is -0.467 e. The van der Waals surface area contributed by atoms with Gasteiger partial charge in [-0.2, -0.15) is 5.10 Å². The van der Waals surface area contributed by atoms with Gasteiger partial charge in [-0.1, -0.05) is 19.6 Å². The molecule has 1 atom stereocenters. The maximum absolute atomic E-state index is 13.8. The number of carbonyl (C=O) groups excluding carboxylic acids is 2. The minimum absolute atomic E-state index is 0.106. The van der Waals surface area contributed by atoms with Crippen LogP contribution in [0.4, 0.5) is 10.5 Å². The lowest BCUT2D eigenvalue weighted by molar-refractivity contribution is -0.120. The largest absolute Gasteiger partial charge is 0.467 e. The van der Waals surface area contributed by atoms with E-state index in [1.807, 2.05) is 63.8 Å². The Hall–Kier alpha value is -2.85. The Morgan fingerprint density at radius 2 is 1.78 bits per heavy atom. The van der Waals surface area contributed by atoms with E-state index in [4.69, 9.17) is 14.2 Å². The van der Waals surface area contributed by atoms with Crippen molar-refractivity contribution >= 4 is 25.8 Å². The zero-order valence-electron chi connectivity index (χ0n) is 26.0. The van der Waals surface area contributed by atoms with Crippen LogP contribution in [0.15, 0.2) is 24.4 Å². The third-order valence-corrected chi connectivity index (χ3v) is 9.30. The van der Waals surface area contributed by atoms with Crippen molar-refractivity contribution in [3.63, 3.8) is 0 Å². The summed E-state index contributed by atoms with van der Waals surface area (Å²) in [5.41, 5.74) is 2.77. The lowest BCUT2D eigenvalue weighted by Crippen LogP contribution is -2.51. The fourth-order valence-electron chi connectivity index (χ4n) is 5.27. The molecule has 1 aromatic heterocycles. The number of rotatable bonds is 13. The van der Waals surface area contributed by atoms with E-state index in [-0.39, 0.29) is 18.6 Å². The number of alkyl carbamates (subject to hydrolysis) is 1. The molecule has 0 aliphatic heterocycles. The lowest BCUT2D eigenvalue weighted by atomic mass is 9.88. The molecule has 2 aliphatic rings. The Bertz CT molecular complexity index is 1190. The van der Waals surface area contributed by atoms with Crippen molar-refractivity contribution < 1.29 is 23.8 Å². The van der Waals surface area contributed by atoms with E-state index in [2.05, 4.69) is 35.4 Å². The minimum atomic E-state index is -1.21. The van der Waals surface area contributed by atoms with Crippen molar-refractivity contribution in [3.05, 3.63) is 30.0 Å². The van der Waals surface area contributed by atoms with Gasteiger partial charge in [0.05, 0.1) is 11.9 Å². The molecule has 2 amide bonds. The first-order valence-corrected chi connectivity index (χ1v) is 18.6. The quantitative estimate of drug-likeness (QED) is 0.161. The number of ether oxygens (including phenoxy) is 3. The van der Waals surface area contributed by atoms with Crippen LogP contribution in [0.2, 0.25) is 25.7 Å². The summed E-state index contributed by atoms with van der Waals surface area (Å²) in [6.45, 7) is 15.2. The van der Waals surface area contributed by atoms with Crippen LogP contribution in [-0.2, 0) is 21.3 Å². The van der Waals surface area contributed by atoms with Crippen LogP contribution in [0.25, 0.3) is 11.3 Å². The standard InChI is InChI=1S/C31H48N4O5Si/c1-20-18-32-35(5)28(20)24-14-13-23(17-25(24)39-19-38-15-16-41(6,7)8)33-29(36)27(34-30(37)40-31(2,3)4)26(21-9-10-21)22-11-12-22/h13-14,17-18,21-22,26-27H,9-12,15-16,19H2,1-8H3,(H,33,36)(H,34,37)/t27-/m0/s1. The molecule has 0 unspecified atom stereocenters. The van der Waals surface area contributed by atoms with Gasteiger partial charge in [-0.15, -0.1) is 0 Å². The van der Waals surface area contributed by atoms with Gasteiger partial charge in [0.25, 0.3) is 0 Å². The van der Waals surface area contributed by atoms with Crippen molar-refractivity contribution in [1.82, 2.24) is 15.1 Å². The van der Waals surface area contributed by atoms with Crippen LogP contribution in [0.3, 0.4) is 0 Å². The van der Waals surface area contributed by atoms with Gasteiger partial charge in [-0.05, 0) is 94.9 Å². The maximum Gasteiger partial charge on any atom is 0.408 e. The van der Waals surface area contributed by atoms with E-state index in [1.165, 1.54) is 0 Å². The number of nitrogens with zero attached hydrogens (tertiary/aromatic N) is 2. The molecule has 0 radical (unpaired) electrons. The summed E-state index contributed by atoms with van der Waals surface area (Å²) in [6, 6.07) is 6.02. The first-order valence-electron chi connectivity index (χ1n) is 14.9. The number of anilines is 1. The molecule has 10 heteroatoms. The molecule has 9 nitrogen and oxygen atoms in total. The van der Waals surface area contributed by atoms with Crippen LogP contribution >= 0.6 is 0 Å². The predicted octanol–water partition coefficient (Wildman–Crippen LogP) is 6.35. The molecular formula is C31H48N4O5Si. The first kappa shape index (κ1) is 31.1. The number of aromatic nitrogens is 2. The molecule has 1 aromatic carbocycles. The molecular weight excluding hydrogens is 536 g/mol. The molecule has 4 rings (SSSR count). The Balaban J connectivity index is 1.54. The van der Waals surface area contributed by atoms with Crippen molar-refractivity contribution in [1.29, 1.82) is 0 Å². The topological polar surface area (TPSA) is 104 Å². The summed E-state index contributed by atoms with van der Waals surface area (Å²) in [5.74, 6) is 1.38. The summed E-state index contributed by atoms with van der Waals surface area (Å²) in [7, 11) is 0.683. The zero-order valence-corrected chi connectivity index (χ0v) is 27.0. The summed E-state index contributed by atoms with van der Waals surface area (Å²) in [6.07, 6.45) is 5.63. The second-order valence-corrected chi connectivity index (χ2v) is 19.5. The van der Waals surface area contributed by atoms with Gasteiger partial charge < -0.3 is 24.8 Å². The highest BCUT2D eigenvalue weighted by Crippen LogP contribution is 2.51. The number of aryl methyl sites for hydroxylation is 2. The number of nitrogens with one attached hydrogen (secondary N) is 2. The molecule has 41 heavy (non-hydrogen) atoms. The SMILES string of the molecule is Cc1cnn(C)c1-c1ccc(NC(=O)[C@@H](NC(=O)OC(C)(C)C)C(C2CC2)C2CC2)cc1OCOCC[Si](C)(C)C. The normalized spacial score (nSPS) is 16.4. The molecule has 2 fully saturated rings. The molecule has 2 N–H and O–H groups in total. The Morgan fingerprint density at radius 1 is 1.12 bits per heavy atom. The predicted molar refractivity (Wildman–Crippen MR) is 164 cm³/mol. The molecule has 2 aromatic rings. The van der Waals surface area contributed by atoms with Crippen LogP contribution < -0.4 is 15.4 Å². The van der Waals surface area contributed by atoms with Crippen LogP contribution in [-0.4, -0.2) is 54.9 Å². The van der Waals surface area contributed by atoms with Gasteiger partial charge in [0.2, 0.25) is 5.91 Å². The lowest BCUT2D eigenvalue weighted by Gasteiger charge is -2.29. The van der Waals surface area contributed by atoms with Crippen molar-refractivity contribution in [2.75, 3.05) is 18.7 Å². The average molecular weight is 585 g/mol. The maximum atomic E-state index is 13.8. The van der Waals surface area contributed by atoms with E-state index >= 15 is 0 Å². The van der Waals surface area contributed by atoms with Crippen molar-refractivity contribution in [3.8, 4) is 17.0 Å². The molecule has 2 saturated carbocycles. The van der Waals surface area contributed by atoms with Gasteiger partial charge in [-0.25, -0.2) is 4.79 Å². The van der Waals surface area contributed by atoms with Gasteiger partial charge in [0.15, 0.2) is 6.79 Å². The van der Waals surface area contributed by atoms with E-state index in [1.54, 1.807) is 0 Å². The third kappa shape index (κ3) is 9.07. The third-order valence-electron chi connectivity index (χ3n) is 7.59. The number of hydrogen-bond acceptors (Lipinski definition) is 6. The summed E-state index contributed by atoms with van der Waals surface area (Å²) >= 11 is 0. The highest BCUT2D eigenvalue weighted by Gasteiger charge is 2.48. The van der Waals surface area contributed by atoms with Crippen molar-refractivity contribution in [2.45, 2.75) is 90.7 Å². The molecule has 0 spiro atoms. The van der Waals surface area contributed by atoms with E-state index in [0.717, 1.165) is 48.5 Å². The molecule has 2 aliphatic carbocycles. The number of carbonyl (C=O) groups is 2. The van der Waals surface area contributed by atoms with Gasteiger partial charge >= 0.3 is 6.09 Å². The second kappa shape index (κ2) is 12.6. The van der Waals surface area contributed by atoms with Crippen LogP contribution in [0.5, 0.6) is 5.75 Å². The first-order chi connectivity index (χ1) is 19.2. The van der Waals surface area contributed by atoms with Gasteiger partial charge in [0.1, 0.15) is 17.4 Å². The monoisotopic (exact) mass is 584 g/mol. The van der Waals surface area contributed by atoms with Crippen LogP contribution in [0, 0.1) is 24.7 Å². The highest BCUT2D eigenvalue weighted by atomic mass is 28.3. The Morgan fingerprint density at radius 3 is 2.32 bits per heavy atom. The zero-order chi connectivity index (χ0) is 29.9. The van der Waals surface area contributed by atoms with E-state index < -0.39 is 25.8 Å². The second-order valence-electron chi connectivity index (χ2n) is 13.9. The highest BCUT2D eigenvalue weighted by molar-refractivity contribution is 6.76.